The molecule has 4 rings (SSSR count). The lowest BCUT2D eigenvalue weighted by molar-refractivity contribution is -0.196. The number of carbonyl (C=O) groups is 2. The molecule has 0 amide bonds. The Bertz CT molecular complexity index is 621. The molecule has 6 heteroatoms. The van der Waals surface area contributed by atoms with Crippen molar-refractivity contribution in [3.8, 4) is 0 Å². The van der Waals surface area contributed by atoms with Crippen molar-refractivity contribution < 1.29 is 28.5 Å². The molecule has 3 fully saturated rings. The zero-order valence-electron chi connectivity index (χ0n) is 18.6. The molecular weight excluding hydrogens is 384 g/mol. The predicted octanol–water partition coefficient (Wildman–Crippen LogP) is 3.94. The molecule has 10 unspecified atom stereocenters. The summed E-state index contributed by atoms with van der Waals surface area (Å²) in [5, 5.41) is 0. The lowest BCUT2D eigenvalue weighted by atomic mass is 9.65. The van der Waals surface area contributed by atoms with Gasteiger partial charge in [0, 0.05) is 0 Å². The molecule has 3 saturated carbocycles. The summed E-state index contributed by atoms with van der Waals surface area (Å²) in [6.07, 6.45) is 7.26. The fourth-order valence-corrected chi connectivity index (χ4v) is 6.80. The molecule has 0 saturated heterocycles. The van der Waals surface area contributed by atoms with E-state index < -0.39 is 24.4 Å². The van der Waals surface area contributed by atoms with Gasteiger partial charge in [-0.15, -0.1) is 0 Å². The van der Waals surface area contributed by atoms with E-state index in [0.29, 0.717) is 36.9 Å². The molecule has 6 nitrogen and oxygen atoms in total. The second-order valence-corrected chi connectivity index (χ2v) is 9.47. The van der Waals surface area contributed by atoms with Gasteiger partial charge < -0.3 is 18.9 Å². The Balaban J connectivity index is 1.51. The van der Waals surface area contributed by atoms with E-state index in [1.807, 2.05) is 13.8 Å². The number of hydrogen-bond acceptors (Lipinski definition) is 6. The molecule has 0 aromatic rings. The van der Waals surface area contributed by atoms with E-state index in [9.17, 15) is 9.59 Å². The standard InChI is InChI=1S/C24H36O6/c1-5-9-27-13(3)29-23(25)21-17-12-18(20-16-8-7-15(11-16)19(17)20)22(21)24(26)30-14(4)28-10-6-2/h7-8,13-22H,5-6,9-12H2,1-4H3. The highest BCUT2D eigenvalue weighted by atomic mass is 16.7. The number of carbonyl (C=O) groups excluding carboxylic acids is 2. The molecule has 30 heavy (non-hydrogen) atoms. The molecule has 0 heterocycles. The summed E-state index contributed by atoms with van der Waals surface area (Å²) < 4.78 is 22.4. The first-order chi connectivity index (χ1) is 14.5. The topological polar surface area (TPSA) is 71.1 Å². The van der Waals surface area contributed by atoms with Crippen molar-refractivity contribution in [3.63, 3.8) is 0 Å². The Hall–Kier alpha value is -1.40. The molecule has 0 aliphatic heterocycles. The van der Waals surface area contributed by atoms with Gasteiger partial charge in [0.05, 0.1) is 25.0 Å². The van der Waals surface area contributed by atoms with Gasteiger partial charge in [0.2, 0.25) is 0 Å². The molecule has 0 aromatic carbocycles. The van der Waals surface area contributed by atoms with Gasteiger partial charge in [-0.25, -0.2) is 0 Å². The minimum absolute atomic E-state index is 0.190. The van der Waals surface area contributed by atoms with Gasteiger partial charge in [-0.1, -0.05) is 26.0 Å². The summed E-state index contributed by atoms with van der Waals surface area (Å²) in [6, 6.07) is 0. The van der Waals surface area contributed by atoms with Gasteiger partial charge in [-0.2, -0.15) is 0 Å². The third kappa shape index (κ3) is 3.81. The van der Waals surface area contributed by atoms with Crippen LogP contribution in [0.1, 0.15) is 53.4 Å². The lowest BCUT2D eigenvalue weighted by Gasteiger charge is -2.40. The normalized spacial score (nSPS) is 39.7. The summed E-state index contributed by atoms with van der Waals surface area (Å²) in [5.41, 5.74) is 0. The number of rotatable bonds is 10. The van der Waals surface area contributed by atoms with Gasteiger partial charge in [0.15, 0.2) is 12.6 Å². The van der Waals surface area contributed by atoms with Crippen LogP contribution < -0.4 is 0 Å². The highest BCUT2D eigenvalue weighted by molar-refractivity contribution is 5.84. The monoisotopic (exact) mass is 420 g/mol. The third-order valence-corrected chi connectivity index (χ3v) is 7.65. The van der Waals surface area contributed by atoms with Gasteiger partial charge in [0.25, 0.3) is 0 Å². The zero-order valence-corrected chi connectivity index (χ0v) is 18.6. The van der Waals surface area contributed by atoms with Crippen LogP contribution >= 0.6 is 0 Å². The average Bonchev–Trinajstić information content (AvgIpc) is 3.48. The highest BCUT2D eigenvalue weighted by Crippen LogP contribution is 2.69. The van der Waals surface area contributed by atoms with E-state index in [0.717, 1.165) is 25.7 Å². The van der Waals surface area contributed by atoms with E-state index in [1.165, 1.54) is 0 Å². The maximum Gasteiger partial charge on any atom is 0.312 e. The van der Waals surface area contributed by atoms with Crippen molar-refractivity contribution in [2.24, 2.45) is 47.3 Å². The smallest absolute Gasteiger partial charge is 0.312 e. The molecule has 4 aliphatic carbocycles. The SMILES string of the molecule is CCCOC(C)OC(=O)C1C2CC(C1C(=O)OC(C)OCCC)C1C3C=CC(C3)C21. The maximum atomic E-state index is 13.2. The summed E-state index contributed by atoms with van der Waals surface area (Å²) in [7, 11) is 0. The van der Waals surface area contributed by atoms with Gasteiger partial charge >= 0.3 is 11.9 Å². The van der Waals surface area contributed by atoms with E-state index in [-0.39, 0.29) is 23.8 Å². The van der Waals surface area contributed by atoms with E-state index in [2.05, 4.69) is 12.2 Å². The molecule has 168 valence electrons. The molecule has 0 spiro atoms. The van der Waals surface area contributed by atoms with Crippen LogP contribution in [0, 0.1) is 47.3 Å². The van der Waals surface area contributed by atoms with Crippen molar-refractivity contribution in [1.29, 1.82) is 0 Å². The Kier molecular flexibility index (Phi) is 6.54. The van der Waals surface area contributed by atoms with E-state index >= 15 is 0 Å². The van der Waals surface area contributed by atoms with Gasteiger partial charge in [-0.05, 0) is 75.0 Å². The second kappa shape index (κ2) is 8.99. The summed E-state index contributed by atoms with van der Waals surface area (Å²) in [4.78, 5) is 26.4. The summed E-state index contributed by atoms with van der Waals surface area (Å²) in [6.45, 7) is 8.61. The molecular formula is C24H36O6. The summed E-state index contributed by atoms with van der Waals surface area (Å²) in [5.74, 6) is 0.960. The van der Waals surface area contributed by atoms with Crippen molar-refractivity contribution >= 4 is 11.9 Å². The number of esters is 2. The quantitative estimate of drug-likeness (QED) is 0.231. The first-order valence-corrected chi connectivity index (χ1v) is 11.8. The van der Waals surface area contributed by atoms with Crippen LogP contribution in [0.15, 0.2) is 12.2 Å². The molecule has 0 N–H and O–H groups in total. The van der Waals surface area contributed by atoms with Crippen molar-refractivity contribution in [2.45, 2.75) is 66.0 Å². The number of hydrogen-bond donors (Lipinski definition) is 0. The Labute approximate surface area is 179 Å². The largest absolute Gasteiger partial charge is 0.436 e. The number of fused-ring (bicyclic) bond motifs is 9. The van der Waals surface area contributed by atoms with Crippen molar-refractivity contribution in [1.82, 2.24) is 0 Å². The van der Waals surface area contributed by atoms with Crippen LogP contribution in [-0.2, 0) is 28.5 Å². The molecule has 4 aliphatic rings. The van der Waals surface area contributed by atoms with E-state index in [1.54, 1.807) is 13.8 Å². The van der Waals surface area contributed by atoms with Crippen LogP contribution in [0.4, 0.5) is 0 Å². The highest BCUT2D eigenvalue weighted by Gasteiger charge is 2.68. The Morgan fingerprint density at radius 1 is 0.800 bits per heavy atom. The van der Waals surface area contributed by atoms with Crippen LogP contribution in [0.2, 0.25) is 0 Å². The lowest BCUT2D eigenvalue weighted by Crippen LogP contribution is -2.46. The Morgan fingerprint density at radius 3 is 1.63 bits per heavy atom. The van der Waals surface area contributed by atoms with Gasteiger partial charge in [0.1, 0.15) is 0 Å². The van der Waals surface area contributed by atoms with Crippen molar-refractivity contribution in [2.75, 3.05) is 13.2 Å². The van der Waals surface area contributed by atoms with Gasteiger partial charge in [-0.3, -0.25) is 9.59 Å². The zero-order chi connectivity index (χ0) is 21.4. The average molecular weight is 421 g/mol. The van der Waals surface area contributed by atoms with Crippen LogP contribution in [0.3, 0.4) is 0 Å². The van der Waals surface area contributed by atoms with Crippen LogP contribution in [0.5, 0.6) is 0 Å². The molecule has 0 aromatic heterocycles. The van der Waals surface area contributed by atoms with E-state index in [4.69, 9.17) is 18.9 Å². The molecule has 4 bridgehead atoms. The third-order valence-electron chi connectivity index (χ3n) is 7.65. The maximum absolute atomic E-state index is 13.2. The predicted molar refractivity (Wildman–Crippen MR) is 110 cm³/mol. The molecule has 0 radical (unpaired) electrons. The number of ether oxygens (including phenoxy) is 4. The Morgan fingerprint density at radius 2 is 1.23 bits per heavy atom. The molecule has 10 atom stereocenters. The summed E-state index contributed by atoms with van der Waals surface area (Å²) >= 11 is 0. The number of allylic oxidation sites excluding steroid dienone is 2. The van der Waals surface area contributed by atoms with Crippen LogP contribution in [-0.4, -0.2) is 37.7 Å². The second-order valence-electron chi connectivity index (χ2n) is 9.47. The minimum Gasteiger partial charge on any atom is -0.436 e. The fourth-order valence-electron chi connectivity index (χ4n) is 6.80. The van der Waals surface area contributed by atoms with Crippen LogP contribution in [0.25, 0.3) is 0 Å². The fraction of sp³-hybridized carbons (Fsp3) is 0.833. The van der Waals surface area contributed by atoms with Crippen molar-refractivity contribution in [3.05, 3.63) is 12.2 Å². The first-order valence-electron chi connectivity index (χ1n) is 11.8. The minimum atomic E-state index is -0.601. The first kappa shape index (κ1) is 21.8.